The summed E-state index contributed by atoms with van der Waals surface area (Å²) in [5.74, 6) is 1.96. The Bertz CT molecular complexity index is 692. The molecule has 4 nitrogen and oxygen atoms in total. The van der Waals surface area contributed by atoms with Gasteiger partial charge in [0.1, 0.15) is 5.60 Å². The second-order valence-electron chi connectivity index (χ2n) is 12.4. The lowest BCUT2D eigenvalue weighted by molar-refractivity contribution is -0.183. The van der Waals surface area contributed by atoms with Crippen molar-refractivity contribution in [2.75, 3.05) is 6.61 Å². The molecule has 0 radical (unpaired) electrons. The lowest BCUT2D eigenvalue weighted by atomic mass is 9.62. The molecule has 6 atom stereocenters. The first-order chi connectivity index (χ1) is 15.9. The second-order valence-corrected chi connectivity index (χ2v) is 12.4. The van der Waals surface area contributed by atoms with E-state index in [4.69, 9.17) is 9.47 Å². The Morgan fingerprint density at radius 1 is 1.15 bits per heavy atom. The molecule has 196 valence electrons. The van der Waals surface area contributed by atoms with E-state index < -0.39 is 5.41 Å². The van der Waals surface area contributed by atoms with Gasteiger partial charge in [-0.15, -0.1) is 6.58 Å². The number of carbonyl (C=O) groups excluding carboxylic acids is 2. The van der Waals surface area contributed by atoms with Crippen LogP contribution in [0.15, 0.2) is 12.7 Å². The van der Waals surface area contributed by atoms with Crippen molar-refractivity contribution in [2.24, 2.45) is 34.5 Å². The van der Waals surface area contributed by atoms with Crippen LogP contribution in [0.1, 0.15) is 119 Å². The summed E-state index contributed by atoms with van der Waals surface area (Å²) in [5.41, 5.74) is -1.37. The third-order valence-corrected chi connectivity index (χ3v) is 9.36. The molecule has 2 aliphatic rings. The molecule has 2 rings (SSSR count). The topological polar surface area (TPSA) is 52.6 Å². The first-order valence-electron chi connectivity index (χ1n) is 14.0. The Balaban J connectivity index is 1.97. The van der Waals surface area contributed by atoms with E-state index in [-0.39, 0.29) is 36.0 Å². The molecule has 0 aromatic rings. The number of carbonyl (C=O) groups is 2. The average Bonchev–Trinajstić information content (AvgIpc) is 2.99. The Morgan fingerprint density at radius 3 is 2.41 bits per heavy atom. The van der Waals surface area contributed by atoms with Crippen LogP contribution < -0.4 is 0 Å². The molecular weight excluding hydrogens is 424 g/mol. The van der Waals surface area contributed by atoms with Crippen LogP contribution in [0.25, 0.3) is 0 Å². The minimum absolute atomic E-state index is 0.142. The van der Waals surface area contributed by atoms with Crippen molar-refractivity contribution in [2.45, 2.75) is 125 Å². The maximum atomic E-state index is 13.0. The van der Waals surface area contributed by atoms with E-state index in [1.807, 2.05) is 27.7 Å². The predicted octanol–water partition coefficient (Wildman–Crippen LogP) is 7.89. The second kappa shape index (κ2) is 12.1. The van der Waals surface area contributed by atoms with Gasteiger partial charge in [0.05, 0.1) is 12.0 Å². The van der Waals surface area contributed by atoms with E-state index in [0.717, 1.165) is 12.3 Å². The molecule has 2 saturated carbocycles. The van der Waals surface area contributed by atoms with E-state index in [1.54, 1.807) is 6.08 Å². The van der Waals surface area contributed by atoms with Crippen LogP contribution in [-0.2, 0) is 19.1 Å². The standard InChI is InChI=1S/C30H52O4/c1-9-22(4)19-25-21-23-15-12-13-16-24(20-23)29(25,8)34-26(31)17-14-18-33-27(32)30(10-2,11-3)28(5,6)7/h10,22-25H,2,9,11-21H2,1,3-8H3. The molecule has 0 amide bonds. The van der Waals surface area contributed by atoms with Crippen LogP contribution in [-0.4, -0.2) is 24.1 Å². The number of ether oxygens (including phenoxy) is 2. The Hall–Kier alpha value is -1.32. The van der Waals surface area contributed by atoms with Crippen molar-refractivity contribution in [1.29, 1.82) is 0 Å². The summed E-state index contributed by atoms with van der Waals surface area (Å²) in [6, 6.07) is 0. The Morgan fingerprint density at radius 2 is 1.82 bits per heavy atom. The number of rotatable bonds is 11. The van der Waals surface area contributed by atoms with Crippen molar-refractivity contribution in [1.82, 2.24) is 0 Å². The largest absolute Gasteiger partial charge is 0.465 e. The monoisotopic (exact) mass is 476 g/mol. The SMILES string of the molecule is C=CC(CC)(C(=O)OCCCC(=O)OC1(C)C2CCCCC(C2)CC1CC(C)CC)C(C)(C)C. The van der Waals surface area contributed by atoms with Crippen LogP contribution in [0, 0.1) is 34.5 Å². The number of hydrogen-bond acceptors (Lipinski definition) is 4. The minimum atomic E-state index is -0.720. The third-order valence-electron chi connectivity index (χ3n) is 9.36. The van der Waals surface area contributed by atoms with Gasteiger partial charge in [0, 0.05) is 6.42 Å². The fraction of sp³-hybridized carbons (Fsp3) is 0.867. The zero-order chi connectivity index (χ0) is 25.6. The minimum Gasteiger partial charge on any atom is -0.465 e. The average molecular weight is 477 g/mol. The van der Waals surface area contributed by atoms with Crippen LogP contribution in [0.2, 0.25) is 0 Å². The van der Waals surface area contributed by atoms with Crippen molar-refractivity contribution in [3.05, 3.63) is 12.7 Å². The summed E-state index contributed by atoms with van der Waals surface area (Å²) >= 11 is 0. The number of hydrogen-bond donors (Lipinski definition) is 0. The van der Waals surface area contributed by atoms with Crippen molar-refractivity contribution >= 4 is 11.9 Å². The zero-order valence-corrected chi connectivity index (χ0v) is 23.2. The van der Waals surface area contributed by atoms with Gasteiger partial charge in [-0.25, -0.2) is 0 Å². The van der Waals surface area contributed by atoms with E-state index in [2.05, 4.69) is 27.4 Å². The molecule has 0 spiro atoms. The normalized spacial score (nSPS) is 29.9. The molecule has 4 heteroatoms. The fourth-order valence-electron chi connectivity index (χ4n) is 6.64. The highest BCUT2D eigenvalue weighted by atomic mass is 16.6. The van der Waals surface area contributed by atoms with E-state index in [1.165, 1.54) is 44.9 Å². The van der Waals surface area contributed by atoms with Crippen molar-refractivity contribution in [3.8, 4) is 0 Å². The fourth-order valence-corrected chi connectivity index (χ4v) is 6.64. The highest BCUT2D eigenvalue weighted by molar-refractivity contribution is 5.80. The van der Waals surface area contributed by atoms with Crippen LogP contribution in [0.3, 0.4) is 0 Å². The summed E-state index contributed by atoms with van der Waals surface area (Å²) in [7, 11) is 0. The Labute approximate surface area is 209 Å². The lowest BCUT2D eigenvalue weighted by Crippen LogP contribution is -2.51. The summed E-state index contributed by atoms with van der Waals surface area (Å²) in [6.45, 7) is 19.0. The van der Waals surface area contributed by atoms with E-state index in [9.17, 15) is 9.59 Å². The maximum absolute atomic E-state index is 13.0. The van der Waals surface area contributed by atoms with Crippen LogP contribution >= 0.6 is 0 Å². The summed E-state index contributed by atoms with van der Waals surface area (Å²) < 4.78 is 12.0. The molecule has 2 aliphatic carbocycles. The zero-order valence-electron chi connectivity index (χ0n) is 23.2. The summed E-state index contributed by atoms with van der Waals surface area (Å²) in [6.07, 6.45) is 12.9. The molecule has 2 fully saturated rings. The van der Waals surface area contributed by atoms with Crippen molar-refractivity contribution < 1.29 is 19.1 Å². The highest BCUT2D eigenvalue weighted by Gasteiger charge is 2.50. The van der Waals surface area contributed by atoms with Gasteiger partial charge in [-0.1, -0.05) is 73.3 Å². The highest BCUT2D eigenvalue weighted by Crippen LogP contribution is 2.51. The molecule has 0 heterocycles. The lowest BCUT2D eigenvalue weighted by Gasteiger charge is -2.49. The van der Waals surface area contributed by atoms with Gasteiger partial charge in [-0.3, -0.25) is 9.59 Å². The van der Waals surface area contributed by atoms with Gasteiger partial charge in [0.2, 0.25) is 0 Å². The summed E-state index contributed by atoms with van der Waals surface area (Å²) in [4.78, 5) is 25.9. The van der Waals surface area contributed by atoms with Crippen LogP contribution in [0.4, 0.5) is 0 Å². The number of fused-ring (bicyclic) bond motifs is 2. The van der Waals surface area contributed by atoms with E-state index >= 15 is 0 Å². The van der Waals surface area contributed by atoms with Gasteiger partial charge in [-0.2, -0.15) is 0 Å². The molecule has 34 heavy (non-hydrogen) atoms. The molecular formula is C30H52O4. The maximum Gasteiger partial charge on any atom is 0.316 e. The summed E-state index contributed by atoms with van der Waals surface area (Å²) in [5, 5.41) is 0. The van der Waals surface area contributed by atoms with Gasteiger partial charge in [-0.05, 0) is 74.5 Å². The predicted molar refractivity (Wildman–Crippen MR) is 139 cm³/mol. The van der Waals surface area contributed by atoms with Crippen LogP contribution in [0.5, 0.6) is 0 Å². The van der Waals surface area contributed by atoms with Gasteiger partial charge >= 0.3 is 11.9 Å². The Kier molecular flexibility index (Phi) is 10.3. The van der Waals surface area contributed by atoms with E-state index in [0.29, 0.717) is 30.6 Å². The molecule has 0 aliphatic heterocycles. The smallest absolute Gasteiger partial charge is 0.316 e. The molecule has 2 bridgehead atoms. The quantitative estimate of drug-likeness (QED) is 0.173. The molecule has 6 unspecified atom stereocenters. The van der Waals surface area contributed by atoms with Crippen molar-refractivity contribution in [3.63, 3.8) is 0 Å². The van der Waals surface area contributed by atoms with Gasteiger partial charge < -0.3 is 9.47 Å². The first kappa shape index (κ1) is 28.9. The third kappa shape index (κ3) is 6.46. The van der Waals surface area contributed by atoms with Gasteiger partial charge in [0.15, 0.2) is 0 Å². The molecule has 0 saturated heterocycles. The molecule has 0 N–H and O–H groups in total. The first-order valence-corrected chi connectivity index (χ1v) is 14.0. The number of esters is 2. The molecule has 0 aromatic carbocycles. The molecule has 0 aromatic heterocycles. The van der Waals surface area contributed by atoms with Gasteiger partial charge in [0.25, 0.3) is 0 Å².